The van der Waals surface area contributed by atoms with Gasteiger partial charge in [0.15, 0.2) is 0 Å². The summed E-state index contributed by atoms with van der Waals surface area (Å²) in [7, 11) is 0. The van der Waals surface area contributed by atoms with Gasteiger partial charge in [-0.15, -0.1) is 0 Å². The standard InChI is InChI=1S/C14H14O.C6H10O/c1-10-5-3-7-12(9-10)14-11(2)6-4-8-13(14)15;7-6-2-1-4-3-5(4)6/h3-9,15H,1-2H3;4-7H,1-3H2. The van der Waals surface area contributed by atoms with Gasteiger partial charge in [-0.2, -0.15) is 0 Å². The third-order valence-electron chi connectivity index (χ3n) is 4.86. The highest BCUT2D eigenvalue weighted by Gasteiger charge is 2.47. The molecule has 3 unspecified atom stereocenters. The molecular formula is C20H24O2. The highest BCUT2D eigenvalue weighted by atomic mass is 16.3. The maximum absolute atomic E-state index is 9.84. The van der Waals surface area contributed by atoms with Crippen molar-refractivity contribution in [1.29, 1.82) is 0 Å². The largest absolute Gasteiger partial charge is 0.507 e. The molecule has 2 N–H and O–H groups in total. The average Bonchev–Trinajstić information content (AvgIpc) is 3.18. The van der Waals surface area contributed by atoms with E-state index in [-0.39, 0.29) is 6.10 Å². The van der Waals surface area contributed by atoms with Gasteiger partial charge in [0.2, 0.25) is 0 Å². The minimum Gasteiger partial charge on any atom is -0.507 e. The van der Waals surface area contributed by atoms with Crippen LogP contribution in [0.15, 0.2) is 42.5 Å². The van der Waals surface area contributed by atoms with Crippen LogP contribution in [0.3, 0.4) is 0 Å². The Kier molecular flexibility index (Phi) is 4.21. The fourth-order valence-electron chi connectivity index (χ4n) is 3.50. The van der Waals surface area contributed by atoms with Gasteiger partial charge < -0.3 is 10.2 Å². The summed E-state index contributed by atoms with van der Waals surface area (Å²) in [4.78, 5) is 0. The summed E-state index contributed by atoms with van der Waals surface area (Å²) in [5, 5.41) is 18.9. The number of rotatable bonds is 1. The van der Waals surface area contributed by atoms with E-state index < -0.39 is 0 Å². The molecule has 0 bridgehead atoms. The van der Waals surface area contributed by atoms with Crippen molar-refractivity contribution in [2.24, 2.45) is 11.8 Å². The van der Waals surface area contributed by atoms with E-state index in [9.17, 15) is 5.11 Å². The van der Waals surface area contributed by atoms with Crippen molar-refractivity contribution in [3.05, 3.63) is 53.6 Å². The molecule has 116 valence electrons. The van der Waals surface area contributed by atoms with Crippen LogP contribution in [-0.2, 0) is 0 Å². The quantitative estimate of drug-likeness (QED) is 0.816. The average molecular weight is 296 g/mol. The number of aryl methyl sites for hydroxylation is 2. The normalized spacial score (nSPS) is 25.1. The van der Waals surface area contributed by atoms with Gasteiger partial charge in [-0.05, 0) is 62.1 Å². The minimum atomic E-state index is 0.0880. The van der Waals surface area contributed by atoms with Gasteiger partial charge in [0.25, 0.3) is 0 Å². The maximum Gasteiger partial charge on any atom is 0.123 e. The second-order valence-corrected chi connectivity index (χ2v) is 6.64. The van der Waals surface area contributed by atoms with E-state index in [2.05, 4.69) is 19.1 Å². The molecule has 2 nitrogen and oxygen atoms in total. The molecule has 0 saturated heterocycles. The zero-order valence-corrected chi connectivity index (χ0v) is 13.3. The van der Waals surface area contributed by atoms with Crippen LogP contribution in [-0.4, -0.2) is 16.3 Å². The molecule has 0 aromatic heterocycles. The van der Waals surface area contributed by atoms with Gasteiger partial charge in [-0.1, -0.05) is 42.0 Å². The molecule has 2 aliphatic carbocycles. The molecule has 2 heteroatoms. The molecule has 0 radical (unpaired) electrons. The van der Waals surface area contributed by atoms with Crippen LogP contribution >= 0.6 is 0 Å². The van der Waals surface area contributed by atoms with Crippen LogP contribution in [0.5, 0.6) is 5.75 Å². The summed E-state index contributed by atoms with van der Waals surface area (Å²) in [6.07, 6.45) is 3.78. The van der Waals surface area contributed by atoms with Gasteiger partial charge in [0, 0.05) is 5.56 Å². The monoisotopic (exact) mass is 296 g/mol. The lowest BCUT2D eigenvalue weighted by Gasteiger charge is -2.08. The van der Waals surface area contributed by atoms with Crippen molar-refractivity contribution in [2.45, 2.75) is 39.2 Å². The van der Waals surface area contributed by atoms with Crippen molar-refractivity contribution in [1.82, 2.24) is 0 Å². The third kappa shape index (κ3) is 3.17. The molecule has 0 spiro atoms. The number of hydrogen-bond donors (Lipinski definition) is 2. The third-order valence-corrected chi connectivity index (χ3v) is 4.86. The molecule has 2 aliphatic rings. The highest BCUT2D eigenvalue weighted by molar-refractivity contribution is 5.73. The molecule has 0 amide bonds. The van der Waals surface area contributed by atoms with E-state index >= 15 is 0 Å². The molecule has 0 heterocycles. The second kappa shape index (κ2) is 6.13. The summed E-state index contributed by atoms with van der Waals surface area (Å²) < 4.78 is 0. The molecule has 2 aromatic carbocycles. The molecule has 4 rings (SSSR count). The smallest absolute Gasteiger partial charge is 0.123 e. The lowest BCUT2D eigenvalue weighted by atomic mass is 9.98. The first-order valence-electron chi connectivity index (χ1n) is 8.10. The Bertz CT molecular complexity index is 642. The summed E-state index contributed by atoms with van der Waals surface area (Å²) in [5.41, 5.74) is 4.31. The SMILES string of the molecule is Cc1cccc(-c2c(C)cccc2O)c1.OC1CCC2CC12. The van der Waals surface area contributed by atoms with E-state index in [0.29, 0.717) is 5.75 Å². The Labute approximate surface area is 132 Å². The Morgan fingerprint density at radius 3 is 2.27 bits per heavy atom. The molecule has 0 aliphatic heterocycles. The fraction of sp³-hybridized carbons (Fsp3) is 0.400. The van der Waals surface area contributed by atoms with E-state index in [1.807, 2.05) is 31.2 Å². The Hall–Kier alpha value is -1.80. The van der Waals surface area contributed by atoms with E-state index in [0.717, 1.165) is 34.9 Å². The van der Waals surface area contributed by atoms with Gasteiger partial charge in [-0.3, -0.25) is 0 Å². The number of aliphatic hydroxyl groups is 1. The van der Waals surface area contributed by atoms with Crippen LogP contribution < -0.4 is 0 Å². The van der Waals surface area contributed by atoms with Crippen molar-refractivity contribution < 1.29 is 10.2 Å². The first-order chi connectivity index (χ1) is 10.6. The van der Waals surface area contributed by atoms with E-state index in [1.54, 1.807) is 6.07 Å². The zero-order chi connectivity index (χ0) is 15.7. The van der Waals surface area contributed by atoms with E-state index in [4.69, 9.17) is 5.11 Å². The first-order valence-corrected chi connectivity index (χ1v) is 8.10. The lowest BCUT2D eigenvalue weighted by molar-refractivity contribution is 0.159. The minimum absolute atomic E-state index is 0.0880. The van der Waals surface area contributed by atoms with Crippen LogP contribution in [0.2, 0.25) is 0 Å². The zero-order valence-electron chi connectivity index (χ0n) is 13.3. The number of phenolic OH excluding ortho intramolecular Hbond substituents is 1. The maximum atomic E-state index is 9.84. The summed E-state index contributed by atoms with van der Waals surface area (Å²) in [6, 6.07) is 13.8. The molecular weight excluding hydrogens is 272 g/mol. The van der Waals surface area contributed by atoms with Crippen LogP contribution in [0.1, 0.15) is 30.4 Å². The summed E-state index contributed by atoms with van der Waals surface area (Å²) in [5.74, 6) is 2.02. The molecule has 2 aromatic rings. The first kappa shape index (κ1) is 15.1. The Balaban J connectivity index is 0.000000169. The predicted molar refractivity (Wildman–Crippen MR) is 89.9 cm³/mol. The summed E-state index contributed by atoms with van der Waals surface area (Å²) >= 11 is 0. The van der Waals surface area contributed by atoms with Crippen LogP contribution in [0.4, 0.5) is 0 Å². The number of benzene rings is 2. The molecule has 2 saturated carbocycles. The lowest BCUT2D eigenvalue weighted by Crippen LogP contribution is -2.02. The van der Waals surface area contributed by atoms with Crippen molar-refractivity contribution >= 4 is 0 Å². The Morgan fingerprint density at radius 2 is 1.77 bits per heavy atom. The van der Waals surface area contributed by atoms with Gasteiger partial charge in [-0.25, -0.2) is 0 Å². The van der Waals surface area contributed by atoms with Crippen molar-refractivity contribution in [3.63, 3.8) is 0 Å². The molecule has 3 atom stereocenters. The molecule has 22 heavy (non-hydrogen) atoms. The van der Waals surface area contributed by atoms with Crippen molar-refractivity contribution in [2.75, 3.05) is 0 Å². The van der Waals surface area contributed by atoms with E-state index in [1.165, 1.54) is 18.4 Å². The van der Waals surface area contributed by atoms with Crippen molar-refractivity contribution in [3.8, 4) is 16.9 Å². The van der Waals surface area contributed by atoms with Gasteiger partial charge in [0.05, 0.1) is 6.10 Å². The number of hydrogen-bond acceptors (Lipinski definition) is 2. The molecule has 2 fully saturated rings. The number of aromatic hydroxyl groups is 1. The predicted octanol–water partition coefficient (Wildman–Crippen LogP) is 4.45. The van der Waals surface area contributed by atoms with Crippen LogP contribution in [0, 0.1) is 25.7 Å². The number of phenols is 1. The number of fused-ring (bicyclic) bond motifs is 1. The topological polar surface area (TPSA) is 40.5 Å². The number of aliphatic hydroxyl groups excluding tert-OH is 1. The Morgan fingerprint density at radius 1 is 1.00 bits per heavy atom. The van der Waals surface area contributed by atoms with Crippen LogP contribution in [0.25, 0.3) is 11.1 Å². The second-order valence-electron chi connectivity index (χ2n) is 6.64. The summed E-state index contributed by atoms with van der Waals surface area (Å²) in [6.45, 7) is 4.07. The highest BCUT2D eigenvalue weighted by Crippen LogP contribution is 2.51. The van der Waals surface area contributed by atoms with Gasteiger partial charge in [0.1, 0.15) is 5.75 Å². The fourth-order valence-corrected chi connectivity index (χ4v) is 3.50. The van der Waals surface area contributed by atoms with Gasteiger partial charge >= 0.3 is 0 Å².